The number of carboxylic acids is 1. The maximum absolute atomic E-state index is 13.1. The molecule has 1 aliphatic carbocycles. The van der Waals surface area contributed by atoms with Gasteiger partial charge >= 0.3 is 5.97 Å². The van der Waals surface area contributed by atoms with Crippen LogP contribution in [-0.2, 0) is 9.59 Å². The molecule has 3 atom stereocenters. The van der Waals surface area contributed by atoms with Crippen molar-refractivity contribution in [3.8, 4) is 0 Å². The van der Waals surface area contributed by atoms with Crippen molar-refractivity contribution < 1.29 is 19.5 Å². The van der Waals surface area contributed by atoms with E-state index in [2.05, 4.69) is 5.32 Å². The molecule has 1 aromatic rings. The highest BCUT2D eigenvalue weighted by Gasteiger charge is 2.47. The molecule has 26 heavy (non-hydrogen) atoms. The van der Waals surface area contributed by atoms with E-state index in [-0.39, 0.29) is 30.8 Å². The van der Waals surface area contributed by atoms with Crippen LogP contribution in [0.15, 0.2) is 24.3 Å². The molecule has 1 aliphatic heterocycles. The second-order valence-electron chi connectivity index (χ2n) is 7.02. The minimum absolute atomic E-state index is 0.0714. The minimum Gasteiger partial charge on any atom is -0.481 e. The number of benzene rings is 1. The average Bonchev–Trinajstić information content (AvgIpc) is 3.01. The molecule has 2 fully saturated rings. The summed E-state index contributed by atoms with van der Waals surface area (Å²) in [5, 5.41) is 12.0. The van der Waals surface area contributed by atoms with Gasteiger partial charge in [0.1, 0.15) is 6.04 Å². The lowest BCUT2D eigenvalue weighted by Crippen LogP contribution is -2.49. The van der Waals surface area contributed by atoms with E-state index >= 15 is 0 Å². The van der Waals surface area contributed by atoms with Gasteiger partial charge in [0.05, 0.1) is 6.42 Å². The summed E-state index contributed by atoms with van der Waals surface area (Å²) >= 11 is 5.91. The van der Waals surface area contributed by atoms with Crippen LogP contribution >= 0.6 is 11.6 Å². The van der Waals surface area contributed by atoms with Crippen molar-refractivity contribution in [2.45, 2.75) is 50.6 Å². The number of halogens is 1. The summed E-state index contributed by atoms with van der Waals surface area (Å²) in [6.07, 6.45) is 4.62. The first-order chi connectivity index (χ1) is 12.5. The monoisotopic (exact) mass is 378 g/mol. The first kappa shape index (κ1) is 18.7. The summed E-state index contributed by atoms with van der Waals surface area (Å²) in [6, 6.07) is 6.23. The predicted molar refractivity (Wildman–Crippen MR) is 97.0 cm³/mol. The molecule has 140 valence electrons. The summed E-state index contributed by atoms with van der Waals surface area (Å²) in [6.45, 7) is 0.0724. The third-order valence-corrected chi connectivity index (χ3v) is 5.61. The van der Waals surface area contributed by atoms with Gasteiger partial charge in [0.25, 0.3) is 5.91 Å². The van der Waals surface area contributed by atoms with E-state index in [1.54, 1.807) is 29.2 Å². The van der Waals surface area contributed by atoms with E-state index in [9.17, 15) is 14.4 Å². The first-order valence-corrected chi connectivity index (χ1v) is 9.43. The molecule has 0 aromatic heterocycles. The normalized spacial score (nSPS) is 24.8. The Balaban J connectivity index is 1.79. The topological polar surface area (TPSA) is 86.7 Å². The fourth-order valence-corrected chi connectivity index (χ4v) is 4.26. The molecule has 3 rings (SSSR count). The Morgan fingerprint density at radius 1 is 1.15 bits per heavy atom. The molecule has 1 heterocycles. The summed E-state index contributed by atoms with van der Waals surface area (Å²) in [5.41, 5.74) is 0.518. The Morgan fingerprint density at radius 2 is 1.85 bits per heavy atom. The van der Waals surface area contributed by atoms with Crippen LogP contribution in [0, 0.1) is 5.92 Å². The standard InChI is InChI=1S/C19H23ClN2O4/c20-14-7-5-12(6-8-14)19(26)22-15-4-2-1-3-13(15)11-16(22)18(25)21-10-9-17(23)24/h5-8,13,15-16H,1-4,9-11H2,(H,21,25)(H,23,24). The number of rotatable bonds is 5. The Morgan fingerprint density at radius 3 is 2.54 bits per heavy atom. The average molecular weight is 379 g/mol. The highest BCUT2D eigenvalue weighted by atomic mass is 35.5. The number of likely N-dealkylation sites (tertiary alicyclic amines) is 1. The van der Waals surface area contributed by atoms with Gasteiger partial charge in [-0.25, -0.2) is 0 Å². The van der Waals surface area contributed by atoms with Crippen LogP contribution in [0.5, 0.6) is 0 Å². The van der Waals surface area contributed by atoms with Gasteiger partial charge in [0.2, 0.25) is 5.91 Å². The summed E-state index contributed by atoms with van der Waals surface area (Å²) in [5.74, 6) is -1.05. The highest BCUT2D eigenvalue weighted by molar-refractivity contribution is 6.30. The second kappa shape index (κ2) is 8.08. The molecule has 7 heteroatoms. The van der Waals surface area contributed by atoms with E-state index in [4.69, 9.17) is 16.7 Å². The molecule has 2 amide bonds. The van der Waals surface area contributed by atoms with Gasteiger partial charge in [0.15, 0.2) is 0 Å². The minimum atomic E-state index is -0.959. The molecular formula is C19H23ClN2O4. The van der Waals surface area contributed by atoms with Crippen LogP contribution in [-0.4, -0.2) is 46.4 Å². The third-order valence-electron chi connectivity index (χ3n) is 5.35. The van der Waals surface area contributed by atoms with Crippen molar-refractivity contribution in [2.75, 3.05) is 6.54 Å². The Kier molecular flexibility index (Phi) is 5.81. The molecule has 0 bridgehead atoms. The van der Waals surface area contributed by atoms with Gasteiger partial charge in [-0.3, -0.25) is 14.4 Å². The van der Waals surface area contributed by atoms with Gasteiger partial charge < -0.3 is 15.3 Å². The maximum Gasteiger partial charge on any atom is 0.305 e. The number of aliphatic carboxylic acids is 1. The Labute approximate surface area is 157 Å². The molecule has 1 aromatic carbocycles. The van der Waals surface area contributed by atoms with Gasteiger partial charge in [-0.05, 0) is 49.4 Å². The molecule has 3 unspecified atom stereocenters. The molecule has 1 saturated carbocycles. The van der Waals surface area contributed by atoms with E-state index < -0.39 is 12.0 Å². The fourth-order valence-electron chi connectivity index (χ4n) is 4.14. The number of carbonyl (C=O) groups is 3. The number of fused-ring (bicyclic) bond motifs is 1. The summed E-state index contributed by atoms with van der Waals surface area (Å²) in [7, 11) is 0. The van der Waals surface area contributed by atoms with Crippen molar-refractivity contribution in [3.63, 3.8) is 0 Å². The SMILES string of the molecule is O=C(O)CCNC(=O)C1CC2CCCCC2N1C(=O)c1ccc(Cl)cc1. The zero-order valence-electron chi connectivity index (χ0n) is 14.5. The number of carbonyl (C=O) groups excluding carboxylic acids is 2. The van der Waals surface area contributed by atoms with Crippen LogP contribution in [0.3, 0.4) is 0 Å². The lowest BCUT2D eigenvalue weighted by molar-refractivity contribution is -0.137. The van der Waals surface area contributed by atoms with Gasteiger partial charge in [-0.2, -0.15) is 0 Å². The smallest absolute Gasteiger partial charge is 0.305 e. The van der Waals surface area contributed by atoms with E-state index in [0.29, 0.717) is 22.9 Å². The third kappa shape index (κ3) is 4.01. The fraction of sp³-hybridized carbons (Fsp3) is 0.526. The zero-order chi connectivity index (χ0) is 18.7. The second-order valence-corrected chi connectivity index (χ2v) is 7.45. The van der Waals surface area contributed by atoms with Crippen molar-refractivity contribution in [2.24, 2.45) is 5.92 Å². The van der Waals surface area contributed by atoms with Crippen LogP contribution in [0.4, 0.5) is 0 Å². The van der Waals surface area contributed by atoms with E-state index in [0.717, 1.165) is 25.7 Å². The largest absolute Gasteiger partial charge is 0.481 e. The number of nitrogens with one attached hydrogen (secondary N) is 1. The zero-order valence-corrected chi connectivity index (χ0v) is 15.2. The number of carboxylic acid groups (broad SMARTS) is 1. The van der Waals surface area contributed by atoms with Crippen LogP contribution in [0.1, 0.15) is 48.9 Å². The number of hydrogen-bond donors (Lipinski definition) is 2. The molecule has 0 spiro atoms. The number of hydrogen-bond acceptors (Lipinski definition) is 3. The molecular weight excluding hydrogens is 356 g/mol. The molecule has 0 radical (unpaired) electrons. The predicted octanol–water partition coefficient (Wildman–Crippen LogP) is 2.70. The molecule has 6 nitrogen and oxygen atoms in total. The van der Waals surface area contributed by atoms with Crippen LogP contribution < -0.4 is 5.32 Å². The van der Waals surface area contributed by atoms with Crippen LogP contribution in [0.2, 0.25) is 5.02 Å². The van der Waals surface area contributed by atoms with Gasteiger partial charge in [0, 0.05) is 23.2 Å². The van der Waals surface area contributed by atoms with E-state index in [1.165, 1.54) is 0 Å². The van der Waals surface area contributed by atoms with Crippen molar-refractivity contribution >= 4 is 29.4 Å². The summed E-state index contributed by atoms with van der Waals surface area (Å²) < 4.78 is 0. The molecule has 2 aliphatic rings. The first-order valence-electron chi connectivity index (χ1n) is 9.05. The molecule has 1 saturated heterocycles. The van der Waals surface area contributed by atoms with Gasteiger partial charge in [-0.1, -0.05) is 24.4 Å². The van der Waals surface area contributed by atoms with Crippen LogP contribution in [0.25, 0.3) is 0 Å². The lowest BCUT2D eigenvalue weighted by atomic mass is 9.84. The van der Waals surface area contributed by atoms with Crippen molar-refractivity contribution in [3.05, 3.63) is 34.9 Å². The van der Waals surface area contributed by atoms with Crippen molar-refractivity contribution in [1.82, 2.24) is 10.2 Å². The Hall–Kier alpha value is -2.08. The van der Waals surface area contributed by atoms with Gasteiger partial charge in [-0.15, -0.1) is 0 Å². The summed E-state index contributed by atoms with van der Waals surface area (Å²) in [4.78, 5) is 38.2. The highest BCUT2D eigenvalue weighted by Crippen LogP contribution is 2.40. The lowest BCUT2D eigenvalue weighted by Gasteiger charge is -2.33. The number of amides is 2. The van der Waals surface area contributed by atoms with Crippen molar-refractivity contribution in [1.29, 1.82) is 0 Å². The quantitative estimate of drug-likeness (QED) is 0.824. The molecule has 2 N–H and O–H groups in total. The Bertz CT molecular complexity index is 691. The number of nitrogens with zero attached hydrogens (tertiary/aromatic N) is 1. The maximum atomic E-state index is 13.1. The van der Waals surface area contributed by atoms with E-state index in [1.807, 2.05) is 0 Å².